The van der Waals surface area contributed by atoms with Crippen LogP contribution in [0.3, 0.4) is 0 Å². The number of hydrogen-bond donors (Lipinski definition) is 1. The average Bonchev–Trinajstić information content (AvgIpc) is 2.90. The van der Waals surface area contributed by atoms with Gasteiger partial charge in [0.05, 0.1) is 17.8 Å². The lowest BCUT2D eigenvalue weighted by molar-refractivity contribution is 0.397. The highest BCUT2D eigenvalue weighted by Crippen LogP contribution is 2.34. The van der Waals surface area contributed by atoms with E-state index in [-0.39, 0.29) is 0 Å². The lowest BCUT2D eigenvalue weighted by atomic mass is 9.91. The van der Waals surface area contributed by atoms with Crippen molar-refractivity contribution >= 4 is 11.3 Å². The van der Waals surface area contributed by atoms with Crippen LogP contribution in [0.2, 0.25) is 0 Å². The molecular formula is C15H19N3OS. The van der Waals surface area contributed by atoms with E-state index in [0.29, 0.717) is 18.3 Å². The van der Waals surface area contributed by atoms with Gasteiger partial charge in [-0.15, -0.1) is 11.3 Å². The number of rotatable bonds is 4. The summed E-state index contributed by atoms with van der Waals surface area (Å²) in [6.07, 6.45) is 6.27. The number of hydrogen-bond acceptors (Lipinski definition) is 5. The molecule has 20 heavy (non-hydrogen) atoms. The van der Waals surface area contributed by atoms with Crippen molar-refractivity contribution in [3.63, 3.8) is 0 Å². The molecule has 0 saturated carbocycles. The van der Waals surface area contributed by atoms with Crippen LogP contribution >= 0.6 is 11.3 Å². The second-order valence-corrected chi connectivity index (χ2v) is 6.29. The predicted molar refractivity (Wildman–Crippen MR) is 80.4 cm³/mol. The Morgan fingerprint density at radius 1 is 1.45 bits per heavy atom. The van der Waals surface area contributed by atoms with Gasteiger partial charge in [0.25, 0.3) is 0 Å². The van der Waals surface area contributed by atoms with Crippen LogP contribution in [0.15, 0.2) is 18.3 Å². The zero-order chi connectivity index (χ0) is 13.9. The van der Waals surface area contributed by atoms with E-state index in [1.54, 1.807) is 7.11 Å². The van der Waals surface area contributed by atoms with Crippen molar-refractivity contribution in [2.24, 2.45) is 5.73 Å². The second-order valence-electron chi connectivity index (χ2n) is 5.13. The first-order valence-corrected chi connectivity index (χ1v) is 7.79. The quantitative estimate of drug-likeness (QED) is 0.939. The molecule has 0 amide bonds. The smallest absolute Gasteiger partial charge is 0.212 e. The van der Waals surface area contributed by atoms with Crippen molar-refractivity contribution in [3.05, 3.63) is 39.5 Å². The lowest BCUT2D eigenvalue weighted by Gasteiger charge is -2.18. The first-order valence-electron chi connectivity index (χ1n) is 6.97. The van der Waals surface area contributed by atoms with E-state index in [4.69, 9.17) is 15.5 Å². The number of pyridine rings is 1. The van der Waals surface area contributed by atoms with E-state index in [1.807, 2.05) is 29.7 Å². The summed E-state index contributed by atoms with van der Waals surface area (Å²) < 4.78 is 5.08. The maximum Gasteiger partial charge on any atom is 0.212 e. The Hall–Kier alpha value is -1.46. The van der Waals surface area contributed by atoms with Gasteiger partial charge in [0.1, 0.15) is 0 Å². The molecule has 0 aliphatic heterocycles. The molecule has 0 spiro atoms. The Bertz CT molecular complexity index is 579. The standard InChI is InChI=1S/C15H19N3OS/c1-19-13-6-5-10(9-17-13)7-14-18-15-11(8-16)3-2-4-12(15)20-14/h5-6,9,11H,2-4,7-8,16H2,1H3. The van der Waals surface area contributed by atoms with Gasteiger partial charge < -0.3 is 10.5 Å². The van der Waals surface area contributed by atoms with Crippen LogP contribution in [0, 0.1) is 0 Å². The maximum absolute atomic E-state index is 5.85. The van der Waals surface area contributed by atoms with Crippen LogP contribution in [0.25, 0.3) is 0 Å². The van der Waals surface area contributed by atoms with Crippen molar-refractivity contribution in [2.45, 2.75) is 31.6 Å². The summed E-state index contributed by atoms with van der Waals surface area (Å²) in [7, 11) is 1.63. The normalized spacial score (nSPS) is 17.8. The Balaban J connectivity index is 1.79. The number of fused-ring (bicyclic) bond motifs is 1. The monoisotopic (exact) mass is 289 g/mol. The molecule has 3 rings (SSSR count). The zero-order valence-corrected chi connectivity index (χ0v) is 12.4. The third-order valence-electron chi connectivity index (χ3n) is 3.76. The first-order chi connectivity index (χ1) is 9.80. The molecule has 2 aromatic rings. The fraction of sp³-hybridized carbons (Fsp3) is 0.467. The number of aryl methyl sites for hydroxylation is 1. The minimum atomic E-state index is 0.456. The summed E-state index contributed by atoms with van der Waals surface area (Å²) in [4.78, 5) is 10.5. The molecule has 106 valence electrons. The fourth-order valence-corrected chi connectivity index (χ4v) is 3.90. The van der Waals surface area contributed by atoms with E-state index in [2.05, 4.69) is 4.98 Å². The molecule has 1 aliphatic carbocycles. The molecular weight excluding hydrogens is 270 g/mol. The number of aromatic nitrogens is 2. The third-order valence-corrected chi connectivity index (χ3v) is 4.89. The molecule has 5 heteroatoms. The van der Waals surface area contributed by atoms with Crippen molar-refractivity contribution in [2.75, 3.05) is 13.7 Å². The van der Waals surface area contributed by atoms with Gasteiger partial charge in [-0.3, -0.25) is 0 Å². The van der Waals surface area contributed by atoms with Gasteiger partial charge in [0, 0.05) is 36.0 Å². The van der Waals surface area contributed by atoms with E-state index >= 15 is 0 Å². The van der Waals surface area contributed by atoms with E-state index in [9.17, 15) is 0 Å². The molecule has 1 atom stereocenters. The van der Waals surface area contributed by atoms with Crippen molar-refractivity contribution < 1.29 is 4.74 Å². The molecule has 4 nitrogen and oxygen atoms in total. The van der Waals surface area contributed by atoms with Crippen LogP contribution in [-0.2, 0) is 12.8 Å². The van der Waals surface area contributed by atoms with Gasteiger partial charge in [-0.2, -0.15) is 0 Å². The van der Waals surface area contributed by atoms with Gasteiger partial charge in [0.15, 0.2) is 0 Å². The highest BCUT2D eigenvalue weighted by molar-refractivity contribution is 7.11. The largest absolute Gasteiger partial charge is 0.481 e. The van der Waals surface area contributed by atoms with Crippen LogP contribution in [0.1, 0.15) is 39.9 Å². The number of thiazole rings is 1. The fourth-order valence-electron chi connectivity index (χ4n) is 2.67. The second kappa shape index (κ2) is 5.89. The SMILES string of the molecule is COc1ccc(Cc2nc3c(s2)CCCC3CN)cn1. The van der Waals surface area contributed by atoms with Crippen LogP contribution in [0.4, 0.5) is 0 Å². The Labute approximate surface area is 123 Å². The molecule has 0 aromatic carbocycles. The predicted octanol–water partition coefficient (Wildman–Crippen LogP) is 2.52. The van der Waals surface area contributed by atoms with Gasteiger partial charge >= 0.3 is 0 Å². The summed E-state index contributed by atoms with van der Waals surface area (Å²) in [5.74, 6) is 1.10. The summed E-state index contributed by atoms with van der Waals surface area (Å²) >= 11 is 1.83. The van der Waals surface area contributed by atoms with Crippen molar-refractivity contribution in [3.8, 4) is 5.88 Å². The van der Waals surface area contributed by atoms with E-state index < -0.39 is 0 Å². The zero-order valence-electron chi connectivity index (χ0n) is 11.6. The minimum absolute atomic E-state index is 0.456. The lowest BCUT2D eigenvalue weighted by Crippen LogP contribution is -2.17. The highest BCUT2D eigenvalue weighted by atomic mass is 32.1. The van der Waals surface area contributed by atoms with Crippen molar-refractivity contribution in [1.82, 2.24) is 9.97 Å². The number of nitrogens with zero attached hydrogens (tertiary/aromatic N) is 2. The van der Waals surface area contributed by atoms with Crippen LogP contribution in [-0.4, -0.2) is 23.6 Å². The Kier molecular flexibility index (Phi) is 3.98. The van der Waals surface area contributed by atoms with Crippen LogP contribution in [0.5, 0.6) is 5.88 Å². The summed E-state index contributed by atoms with van der Waals surface area (Å²) in [6.45, 7) is 0.709. The highest BCUT2D eigenvalue weighted by Gasteiger charge is 2.23. The number of ether oxygens (including phenoxy) is 1. The molecule has 0 saturated heterocycles. The van der Waals surface area contributed by atoms with Gasteiger partial charge in [-0.1, -0.05) is 6.07 Å². The summed E-state index contributed by atoms with van der Waals surface area (Å²) in [5.41, 5.74) is 8.27. The number of nitrogens with two attached hydrogens (primary N) is 1. The minimum Gasteiger partial charge on any atom is -0.481 e. The molecule has 1 aliphatic rings. The topological polar surface area (TPSA) is 61.0 Å². The molecule has 0 radical (unpaired) electrons. The third kappa shape index (κ3) is 2.69. The molecule has 1 unspecified atom stereocenters. The molecule has 2 heterocycles. The Morgan fingerprint density at radius 2 is 2.35 bits per heavy atom. The van der Waals surface area contributed by atoms with E-state index in [1.165, 1.54) is 34.0 Å². The summed E-state index contributed by atoms with van der Waals surface area (Å²) in [6, 6.07) is 3.94. The molecule has 0 fully saturated rings. The van der Waals surface area contributed by atoms with Gasteiger partial charge in [-0.25, -0.2) is 9.97 Å². The van der Waals surface area contributed by atoms with Crippen LogP contribution < -0.4 is 10.5 Å². The molecule has 2 aromatic heterocycles. The first kappa shape index (κ1) is 13.5. The number of methoxy groups -OCH3 is 1. The van der Waals surface area contributed by atoms with Crippen molar-refractivity contribution in [1.29, 1.82) is 0 Å². The molecule has 2 N–H and O–H groups in total. The Morgan fingerprint density at radius 3 is 3.05 bits per heavy atom. The summed E-state index contributed by atoms with van der Waals surface area (Å²) in [5, 5.41) is 1.17. The average molecular weight is 289 g/mol. The van der Waals surface area contributed by atoms with E-state index in [0.717, 1.165) is 12.8 Å². The maximum atomic E-state index is 5.85. The van der Waals surface area contributed by atoms with Gasteiger partial charge in [-0.05, 0) is 24.8 Å². The van der Waals surface area contributed by atoms with Gasteiger partial charge in [0.2, 0.25) is 5.88 Å². The molecule has 0 bridgehead atoms.